The topological polar surface area (TPSA) is 44.1 Å². The van der Waals surface area contributed by atoms with Crippen molar-refractivity contribution in [1.82, 2.24) is 9.55 Å². The number of carbonyl (C=O) groups excluding carboxylic acids is 1. The zero-order chi connectivity index (χ0) is 34.5. The molecule has 248 valence electrons. The average molecular weight is 700 g/mol. The molecule has 6 rings (SSSR count). The largest absolute Gasteiger partial charge is 0.457 e. The summed E-state index contributed by atoms with van der Waals surface area (Å²) in [5.41, 5.74) is 5.59. The molecule has 9 heteroatoms. The second-order valence-corrected chi connectivity index (χ2v) is 12.5. The number of ether oxygens (including phenoxy) is 1. The summed E-state index contributed by atoms with van der Waals surface area (Å²) in [6.45, 7) is 2.56. The quantitative estimate of drug-likeness (QED) is 0.126. The molecule has 0 aliphatic rings. The molecule has 0 spiro atoms. The van der Waals surface area contributed by atoms with E-state index in [1.807, 2.05) is 67.7 Å². The highest BCUT2D eigenvalue weighted by molar-refractivity contribution is 6.36. The smallest absolute Gasteiger partial charge is 0.416 e. The van der Waals surface area contributed by atoms with Gasteiger partial charge in [0.05, 0.1) is 16.3 Å². The van der Waals surface area contributed by atoms with Crippen LogP contribution in [0.2, 0.25) is 10.0 Å². The fourth-order valence-electron chi connectivity index (χ4n) is 5.48. The van der Waals surface area contributed by atoms with Gasteiger partial charge in [0.2, 0.25) is 0 Å². The third-order valence-corrected chi connectivity index (χ3v) is 8.64. The van der Waals surface area contributed by atoms with Gasteiger partial charge >= 0.3 is 6.18 Å². The number of benzene rings is 5. The fraction of sp³-hybridized carbons (Fsp3) is 0.150. The van der Waals surface area contributed by atoms with E-state index in [1.165, 1.54) is 12.1 Å². The predicted octanol–water partition coefficient (Wildman–Crippen LogP) is 12.0. The van der Waals surface area contributed by atoms with Crippen molar-refractivity contribution in [3.63, 3.8) is 0 Å². The third kappa shape index (κ3) is 8.42. The van der Waals surface area contributed by atoms with E-state index in [4.69, 9.17) is 32.9 Å². The number of imidazole rings is 1. The average Bonchev–Trinajstić information content (AvgIpc) is 3.47. The number of alkyl halides is 3. The lowest BCUT2D eigenvalue weighted by Gasteiger charge is -2.10. The minimum Gasteiger partial charge on any atom is -0.457 e. The second-order valence-electron chi connectivity index (χ2n) is 11.7. The van der Waals surface area contributed by atoms with Gasteiger partial charge in [0, 0.05) is 41.7 Å². The van der Waals surface area contributed by atoms with E-state index in [2.05, 4.69) is 16.7 Å². The van der Waals surface area contributed by atoms with Crippen LogP contribution in [0.4, 0.5) is 13.2 Å². The zero-order valence-electron chi connectivity index (χ0n) is 26.5. The molecular weight excluding hydrogens is 668 g/mol. The van der Waals surface area contributed by atoms with Crippen molar-refractivity contribution in [2.75, 3.05) is 0 Å². The van der Waals surface area contributed by atoms with Crippen molar-refractivity contribution in [1.29, 1.82) is 0 Å². The molecule has 0 radical (unpaired) electrons. The molecule has 6 aromatic rings. The van der Waals surface area contributed by atoms with Gasteiger partial charge in [-0.05, 0) is 83.3 Å². The molecule has 0 aliphatic carbocycles. The lowest BCUT2D eigenvalue weighted by molar-refractivity contribution is -0.137. The monoisotopic (exact) mass is 698 g/mol. The van der Waals surface area contributed by atoms with Crippen LogP contribution >= 0.6 is 23.2 Å². The summed E-state index contributed by atoms with van der Waals surface area (Å²) in [6, 6.07) is 33.3. The minimum absolute atomic E-state index is 0.142. The first-order valence-corrected chi connectivity index (χ1v) is 16.5. The van der Waals surface area contributed by atoms with Crippen molar-refractivity contribution < 1.29 is 22.7 Å². The van der Waals surface area contributed by atoms with Crippen molar-refractivity contribution in [2.45, 2.75) is 38.9 Å². The molecule has 0 N–H and O–H groups in total. The van der Waals surface area contributed by atoms with Gasteiger partial charge in [0.15, 0.2) is 5.78 Å². The van der Waals surface area contributed by atoms with Crippen LogP contribution in [0.15, 0.2) is 121 Å². The normalized spacial score (nSPS) is 11.5. The molecule has 4 nitrogen and oxygen atoms in total. The first kappa shape index (κ1) is 34.0. The van der Waals surface area contributed by atoms with Crippen molar-refractivity contribution >= 4 is 29.0 Å². The predicted molar refractivity (Wildman–Crippen MR) is 189 cm³/mol. The maximum absolute atomic E-state index is 12.9. The van der Waals surface area contributed by atoms with E-state index in [-0.39, 0.29) is 5.78 Å². The molecule has 1 aromatic heterocycles. The summed E-state index contributed by atoms with van der Waals surface area (Å²) in [4.78, 5) is 17.3. The first-order valence-electron chi connectivity index (χ1n) is 15.7. The summed E-state index contributed by atoms with van der Waals surface area (Å²) in [6.07, 6.45) is -0.497. The summed E-state index contributed by atoms with van der Waals surface area (Å²) in [5, 5.41) is 1.06. The third-order valence-electron chi connectivity index (χ3n) is 8.09. The molecule has 0 saturated carbocycles. The van der Waals surface area contributed by atoms with E-state index in [1.54, 1.807) is 24.3 Å². The Bertz CT molecular complexity index is 2050. The molecule has 0 bridgehead atoms. The lowest BCUT2D eigenvalue weighted by Crippen LogP contribution is -2.06. The number of ketones is 1. The Morgan fingerprint density at radius 3 is 1.96 bits per heavy atom. The number of carbonyl (C=O) groups is 1. The highest BCUT2D eigenvalue weighted by Gasteiger charge is 2.30. The van der Waals surface area contributed by atoms with Gasteiger partial charge in [-0.2, -0.15) is 13.2 Å². The molecule has 0 saturated heterocycles. The van der Waals surface area contributed by atoms with E-state index >= 15 is 0 Å². The summed E-state index contributed by atoms with van der Waals surface area (Å²) >= 11 is 12.7. The van der Waals surface area contributed by atoms with Crippen LogP contribution < -0.4 is 4.74 Å². The Hall–Kier alpha value is -4.85. The maximum atomic E-state index is 12.9. The molecule has 0 aliphatic heterocycles. The standard InChI is InChI=1S/C40H31Cl2F3N2O2/c1-2-3-38(48)30-10-6-27(7-11-30)24-47-25-37(35-21-16-32(41)23-36(35)42)46-39(47)22-26-4-8-28(9-5-26)29-12-17-33(18-13-29)49-34-19-14-31(15-20-34)40(43,44)45/h4-21,23,25H,2-3,22,24H2,1H3. The minimum atomic E-state index is -4.39. The van der Waals surface area contributed by atoms with E-state index in [9.17, 15) is 18.0 Å². The molecule has 0 amide bonds. The zero-order valence-corrected chi connectivity index (χ0v) is 28.0. The van der Waals surface area contributed by atoms with Crippen LogP contribution in [-0.4, -0.2) is 15.3 Å². The van der Waals surface area contributed by atoms with Gasteiger partial charge < -0.3 is 9.30 Å². The van der Waals surface area contributed by atoms with E-state index in [0.29, 0.717) is 46.5 Å². The Labute approximate surface area is 292 Å². The van der Waals surface area contributed by atoms with Crippen LogP contribution in [0.1, 0.15) is 52.6 Å². The molecule has 1 heterocycles. The van der Waals surface area contributed by atoms with E-state index < -0.39 is 11.7 Å². The number of halogens is 5. The van der Waals surface area contributed by atoms with Gasteiger partial charge in [-0.1, -0.05) is 90.8 Å². The van der Waals surface area contributed by atoms with Crippen molar-refractivity contribution in [3.8, 4) is 33.9 Å². The summed E-state index contributed by atoms with van der Waals surface area (Å²) < 4.78 is 46.4. The SMILES string of the molecule is CCCC(=O)c1ccc(Cn2cc(-c3ccc(Cl)cc3Cl)nc2Cc2ccc(-c3ccc(Oc4ccc(C(F)(F)F)cc4)cc3)cc2)cc1. The van der Waals surface area contributed by atoms with Gasteiger partial charge in [0.1, 0.15) is 17.3 Å². The lowest BCUT2D eigenvalue weighted by atomic mass is 10.0. The summed E-state index contributed by atoms with van der Waals surface area (Å²) in [5.74, 6) is 1.84. The molecule has 0 fully saturated rings. The number of Topliss-reactive ketones (excluding diaryl/α,β-unsaturated/α-hetero) is 1. The van der Waals surface area contributed by atoms with Gasteiger partial charge in [0.25, 0.3) is 0 Å². The number of hydrogen-bond donors (Lipinski definition) is 0. The highest BCUT2D eigenvalue weighted by Crippen LogP contribution is 2.33. The van der Waals surface area contributed by atoms with Crippen molar-refractivity contribution in [2.24, 2.45) is 0 Å². The van der Waals surface area contributed by atoms with Crippen LogP contribution in [0.25, 0.3) is 22.4 Å². The number of nitrogens with zero attached hydrogens (tertiary/aromatic N) is 2. The van der Waals surface area contributed by atoms with Crippen LogP contribution in [-0.2, 0) is 19.1 Å². The summed E-state index contributed by atoms with van der Waals surface area (Å²) in [7, 11) is 0. The van der Waals surface area contributed by atoms with Crippen LogP contribution in [0, 0.1) is 0 Å². The maximum Gasteiger partial charge on any atom is 0.416 e. The Morgan fingerprint density at radius 1 is 0.776 bits per heavy atom. The van der Waals surface area contributed by atoms with Crippen molar-refractivity contribution in [3.05, 3.63) is 160 Å². The highest BCUT2D eigenvalue weighted by atomic mass is 35.5. The number of hydrogen-bond acceptors (Lipinski definition) is 3. The molecular formula is C40H31Cl2F3N2O2. The Kier molecular flexibility index (Phi) is 10.2. The fourth-order valence-corrected chi connectivity index (χ4v) is 5.99. The van der Waals surface area contributed by atoms with Gasteiger partial charge in [-0.15, -0.1) is 0 Å². The Morgan fingerprint density at radius 2 is 1.37 bits per heavy atom. The Balaban J connectivity index is 1.19. The van der Waals surface area contributed by atoms with E-state index in [0.717, 1.165) is 57.9 Å². The molecule has 0 unspecified atom stereocenters. The number of aromatic nitrogens is 2. The molecule has 0 atom stereocenters. The molecule has 49 heavy (non-hydrogen) atoms. The molecule has 5 aromatic carbocycles. The van der Waals surface area contributed by atoms with Gasteiger partial charge in [-0.3, -0.25) is 4.79 Å². The van der Waals surface area contributed by atoms with Gasteiger partial charge in [-0.25, -0.2) is 4.98 Å². The number of rotatable bonds is 11. The van der Waals surface area contributed by atoms with Crippen LogP contribution in [0.3, 0.4) is 0 Å². The second kappa shape index (κ2) is 14.7. The first-order chi connectivity index (χ1) is 23.6. The van der Waals surface area contributed by atoms with Crippen LogP contribution in [0.5, 0.6) is 11.5 Å².